The van der Waals surface area contributed by atoms with Crippen molar-refractivity contribution in [1.82, 2.24) is 0 Å². The summed E-state index contributed by atoms with van der Waals surface area (Å²) in [4.78, 5) is 9.81. The normalized spacial score (nSPS) is 14.5. The fourth-order valence-corrected chi connectivity index (χ4v) is 2.02. The third kappa shape index (κ3) is 3.60. The van der Waals surface area contributed by atoms with Crippen molar-refractivity contribution in [3.8, 4) is 0 Å². The number of benzene rings is 2. The maximum Gasteiger partial charge on any atom is 0.425 e. The van der Waals surface area contributed by atoms with Gasteiger partial charge in [-0.15, -0.1) is 0 Å². The third-order valence-corrected chi connectivity index (χ3v) is 3.32. The van der Waals surface area contributed by atoms with E-state index in [1.807, 2.05) is 0 Å². The second kappa shape index (κ2) is 6.40. The molecule has 126 valence electrons. The lowest BCUT2D eigenvalue weighted by molar-refractivity contribution is -0.384. The van der Waals surface area contributed by atoms with Gasteiger partial charge in [-0.2, -0.15) is 13.2 Å². The molecule has 2 aromatic carbocycles. The van der Waals surface area contributed by atoms with Gasteiger partial charge < -0.3 is 5.11 Å². The Balaban J connectivity index is 2.45. The number of rotatable bonds is 4. The van der Waals surface area contributed by atoms with Crippen LogP contribution in [-0.4, -0.2) is 16.2 Å². The Morgan fingerprint density at radius 1 is 1.08 bits per heavy atom. The summed E-state index contributed by atoms with van der Waals surface area (Å²) in [5, 5.41) is 20.7. The second-order valence-electron chi connectivity index (χ2n) is 4.96. The Morgan fingerprint density at radius 3 is 2.21 bits per heavy atom. The van der Waals surface area contributed by atoms with Crippen LogP contribution in [0.1, 0.15) is 11.1 Å². The van der Waals surface area contributed by atoms with Crippen LogP contribution in [0.5, 0.6) is 0 Å². The van der Waals surface area contributed by atoms with Crippen LogP contribution in [0.2, 0.25) is 0 Å². The first-order valence-electron chi connectivity index (χ1n) is 6.62. The standard InChI is InChI=1S/C16H11F4NO3/c17-13-3-1-2-11(10-13)8-9-15(22,16(18,19)20)12-4-6-14(7-5-12)21(23)24/h1-10,22H. The first-order valence-corrected chi connectivity index (χ1v) is 6.62. The maximum absolute atomic E-state index is 13.3. The van der Waals surface area contributed by atoms with E-state index in [4.69, 9.17) is 0 Å². The molecule has 0 aromatic heterocycles. The zero-order valence-corrected chi connectivity index (χ0v) is 12.0. The van der Waals surface area contributed by atoms with Crippen molar-refractivity contribution >= 4 is 11.8 Å². The van der Waals surface area contributed by atoms with Crippen LogP contribution in [0.4, 0.5) is 23.2 Å². The highest BCUT2D eigenvalue weighted by Gasteiger charge is 2.53. The fraction of sp³-hybridized carbons (Fsp3) is 0.125. The van der Waals surface area contributed by atoms with Gasteiger partial charge in [0.25, 0.3) is 5.69 Å². The van der Waals surface area contributed by atoms with E-state index < -0.39 is 33.8 Å². The summed E-state index contributed by atoms with van der Waals surface area (Å²) >= 11 is 0. The van der Waals surface area contributed by atoms with Crippen LogP contribution < -0.4 is 0 Å². The molecule has 1 unspecified atom stereocenters. The Morgan fingerprint density at radius 2 is 1.71 bits per heavy atom. The number of hydrogen-bond acceptors (Lipinski definition) is 3. The number of nitro groups is 1. The number of alkyl halides is 3. The first kappa shape index (κ1) is 17.6. The highest BCUT2D eigenvalue weighted by molar-refractivity contribution is 5.52. The Kier molecular flexibility index (Phi) is 4.70. The first-order chi connectivity index (χ1) is 11.1. The highest BCUT2D eigenvalue weighted by Crippen LogP contribution is 2.41. The molecule has 1 atom stereocenters. The molecule has 0 fully saturated rings. The summed E-state index contributed by atoms with van der Waals surface area (Å²) in [7, 11) is 0. The third-order valence-electron chi connectivity index (χ3n) is 3.32. The summed E-state index contributed by atoms with van der Waals surface area (Å²) in [6, 6.07) is 8.18. The topological polar surface area (TPSA) is 63.4 Å². The van der Waals surface area contributed by atoms with Gasteiger partial charge in [-0.3, -0.25) is 10.1 Å². The molecule has 0 radical (unpaired) electrons. The molecule has 0 saturated carbocycles. The molecule has 8 heteroatoms. The van der Waals surface area contributed by atoms with E-state index in [-0.39, 0.29) is 5.56 Å². The van der Waals surface area contributed by atoms with E-state index in [1.54, 1.807) is 0 Å². The van der Waals surface area contributed by atoms with Gasteiger partial charge in [0, 0.05) is 12.1 Å². The van der Waals surface area contributed by atoms with E-state index in [2.05, 4.69) is 0 Å². The van der Waals surface area contributed by atoms with Crippen LogP contribution >= 0.6 is 0 Å². The van der Waals surface area contributed by atoms with Crippen molar-refractivity contribution in [3.63, 3.8) is 0 Å². The smallest absolute Gasteiger partial charge is 0.373 e. The molecule has 2 rings (SSSR count). The molecule has 0 aliphatic carbocycles. The largest absolute Gasteiger partial charge is 0.425 e. The summed E-state index contributed by atoms with van der Waals surface area (Å²) in [6.45, 7) is 0. The van der Waals surface area contributed by atoms with Crippen molar-refractivity contribution in [1.29, 1.82) is 0 Å². The van der Waals surface area contributed by atoms with Crippen LogP contribution in [-0.2, 0) is 5.60 Å². The summed E-state index contributed by atoms with van der Waals surface area (Å²) < 4.78 is 53.0. The fourth-order valence-electron chi connectivity index (χ4n) is 2.02. The van der Waals surface area contributed by atoms with E-state index >= 15 is 0 Å². The molecule has 0 saturated heterocycles. The zero-order valence-electron chi connectivity index (χ0n) is 12.0. The molecule has 0 amide bonds. The number of nitrogens with zero attached hydrogens (tertiary/aromatic N) is 1. The maximum atomic E-state index is 13.3. The molecule has 0 bridgehead atoms. The Bertz CT molecular complexity index is 772. The molecule has 0 heterocycles. The van der Waals surface area contributed by atoms with Crippen LogP contribution in [0.3, 0.4) is 0 Å². The van der Waals surface area contributed by atoms with Gasteiger partial charge in [0.1, 0.15) is 5.82 Å². The molecular weight excluding hydrogens is 330 g/mol. The Hall–Kier alpha value is -2.74. The average Bonchev–Trinajstić information content (AvgIpc) is 2.51. The van der Waals surface area contributed by atoms with Gasteiger partial charge in [-0.1, -0.05) is 18.2 Å². The molecular formula is C16H11F4NO3. The minimum Gasteiger partial charge on any atom is -0.373 e. The van der Waals surface area contributed by atoms with Crippen molar-refractivity contribution in [2.24, 2.45) is 0 Å². The van der Waals surface area contributed by atoms with Gasteiger partial charge in [-0.25, -0.2) is 4.39 Å². The summed E-state index contributed by atoms with van der Waals surface area (Å²) in [6.07, 6.45) is -3.67. The quantitative estimate of drug-likeness (QED) is 0.515. The number of aliphatic hydroxyl groups is 1. The number of hydrogen-bond donors (Lipinski definition) is 1. The number of non-ortho nitro benzene ring substituents is 1. The minimum absolute atomic E-state index is 0.125. The summed E-state index contributed by atoms with van der Waals surface area (Å²) in [5.41, 5.74) is -4.24. The SMILES string of the molecule is O=[N+]([O-])c1ccc(C(O)(C=Cc2cccc(F)c2)C(F)(F)F)cc1. The summed E-state index contributed by atoms with van der Waals surface area (Å²) in [5.74, 6) is -0.636. The van der Waals surface area contributed by atoms with E-state index in [1.165, 1.54) is 12.1 Å². The second-order valence-corrected chi connectivity index (χ2v) is 4.96. The van der Waals surface area contributed by atoms with Crippen molar-refractivity contribution in [3.05, 3.63) is 81.7 Å². The van der Waals surface area contributed by atoms with Crippen LogP contribution in [0.25, 0.3) is 6.08 Å². The molecule has 0 aliphatic heterocycles. The molecule has 2 aromatic rings. The van der Waals surface area contributed by atoms with E-state index in [9.17, 15) is 32.8 Å². The van der Waals surface area contributed by atoms with Crippen LogP contribution in [0, 0.1) is 15.9 Å². The van der Waals surface area contributed by atoms with Gasteiger partial charge >= 0.3 is 6.18 Å². The van der Waals surface area contributed by atoms with E-state index in [0.717, 1.165) is 42.5 Å². The molecule has 4 nitrogen and oxygen atoms in total. The van der Waals surface area contributed by atoms with Gasteiger partial charge in [-0.05, 0) is 41.5 Å². The molecule has 24 heavy (non-hydrogen) atoms. The average molecular weight is 341 g/mol. The predicted molar refractivity (Wildman–Crippen MR) is 78.5 cm³/mol. The predicted octanol–water partition coefficient (Wildman–Crippen LogP) is 4.20. The number of nitro benzene ring substituents is 1. The minimum atomic E-state index is -5.08. The lowest BCUT2D eigenvalue weighted by Crippen LogP contribution is -2.40. The van der Waals surface area contributed by atoms with Gasteiger partial charge in [0.15, 0.2) is 0 Å². The van der Waals surface area contributed by atoms with Crippen molar-refractivity contribution in [2.75, 3.05) is 0 Å². The lowest BCUT2D eigenvalue weighted by atomic mass is 9.91. The van der Waals surface area contributed by atoms with Gasteiger partial charge in [0.2, 0.25) is 5.60 Å². The Labute approximate surface area is 133 Å². The molecule has 0 aliphatic rings. The molecule has 0 spiro atoms. The van der Waals surface area contributed by atoms with E-state index in [0.29, 0.717) is 6.08 Å². The lowest BCUT2D eigenvalue weighted by Gasteiger charge is -2.27. The van der Waals surface area contributed by atoms with Crippen molar-refractivity contribution in [2.45, 2.75) is 11.8 Å². The molecule has 1 N–H and O–H groups in total. The zero-order chi connectivity index (χ0) is 18.0. The number of halogens is 4. The van der Waals surface area contributed by atoms with Gasteiger partial charge in [0.05, 0.1) is 4.92 Å². The monoisotopic (exact) mass is 341 g/mol. The van der Waals surface area contributed by atoms with Crippen LogP contribution in [0.15, 0.2) is 54.6 Å². The highest BCUT2D eigenvalue weighted by atomic mass is 19.4. The van der Waals surface area contributed by atoms with Crippen molar-refractivity contribution < 1.29 is 27.6 Å².